The highest BCUT2D eigenvalue weighted by molar-refractivity contribution is 6.87. The van der Waals surface area contributed by atoms with E-state index < -0.39 is 41.9 Å². The van der Waals surface area contributed by atoms with Gasteiger partial charge in [-0.2, -0.15) is 0 Å². The Hall–Kier alpha value is -2.05. The van der Waals surface area contributed by atoms with E-state index in [2.05, 4.69) is 108 Å². The minimum Gasteiger partial charge on any atom is -0.469 e. The van der Waals surface area contributed by atoms with Gasteiger partial charge in [0.25, 0.3) is 0 Å². The van der Waals surface area contributed by atoms with Crippen molar-refractivity contribution in [2.75, 3.05) is 13.7 Å². The summed E-state index contributed by atoms with van der Waals surface area (Å²) in [5.41, 5.74) is 0.945. The zero-order chi connectivity index (χ0) is 34.8. The molecular formula is C37H62O6Si3. The molecule has 46 heavy (non-hydrogen) atoms. The molecule has 0 aromatic heterocycles. The van der Waals surface area contributed by atoms with Crippen LogP contribution in [0.4, 0.5) is 0 Å². The van der Waals surface area contributed by atoms with Gasteiger partial charge in [-0.15, -0.1) is 0 Å². The van der Waals surface area contributed by atoms with Gasteiger partial charge < -0.3 is 17.7 Å². The molecule has 2 aromatic carbocycles. The van der Waals surface area contributed by atoms with Gasteiger partial charge in [0.1, 0.15) is 0 Å². The predicted octanol–water partition coefficient (Wildman–Crippen LogP) is 9.71. The van der Waals surface area contributed by atoms with Gasteiger partial charge in [-0.25, -0.2) is 0 Å². The molecule has 0 N–H and O–H groups in total. The summed E-state index contributed by atoms with van der Waals surface area (Å²) in [6, 6.07) is 21.8. The van der Waals surface area contributed by atoms with Crippen molar-refractivity contribution in [3.63, 3.8) is 0 Å². The van der Waals surface area contributed by atoms with Gasteiger partial charge in [-0.05, 0) is 102 Å². The van der Waals surface area contributed by atoms with E-state index in [1.165, 1.54) is 18.2 Å². The van der Waals surface area contributed by atoms with Crippen molar-refractivity contribution in [1.29, 1.82) is 0 Å². The van der Waals surface area contributed by atoms with E-state index >= 15 is 0 Å². The van der Waals surface area contributed by atoms with Gasteiger partial charge in [0.05, 0.1) is 25.0 Å². The molecule has 0 fully saturated rings. The first-order valence-electron chi connectivity index (χ1n) is 17.0. The van der Waals surface area contributed by atoms with Crippen LogP contribution in [0.5, 0.6) is 0 Å². The Balaban J connectivity index is 2.32. The average molecular weight is 687 g/mol. The Morgan fingerprint density at radius 3 is 1.67 bits per heavy atom. The van der Waals surface area contributed by atoms with Gasteiger partial charge in [-0.1, -0.05) is 87.9 Å². The van der Waals surface area contributed by atoms with Crippen LogP contribution in [0.3, 0.4) is 0 Å². The number of carbonyl (C=O) groups is 2. The number of hydrogen-bond acceptors (Lipinski definition) is 6. The average Bonchev–Trinajstić information content (AvgIpc) is 2.97. The molecule has 0 radical (unpaired) electrons. The lowest BCUT2D eigenvalue weighted by molar-refractivity contribution is -0.157. The molecule has 0 aliphatic rings. The van der Waals surface area contributed by atoms with Crippen LogP contribution in [0.15, 0.2) is 60.7 Å². The number of benzene rings is 2. The van der Waals surface area contributed by atoms with Crippen LogP contribution in [-0.4, -0.2) is 50.9 Å². The lowest BCUT2D eigenvalue weighted by atomic mass is 9.60. The first-order valence-corrected chi connectivity index (χ1v) is 26.4. The monoisotopic (exact) mass is 686 g/mol. The Bertz CT molecular complexity index is 1170. The van der Waals surface area contributed by atoms with Crippen molar-refractivity contribution in [1.82, 2.24) is 0 Å². The van der Waals surface area contributed by atoms with Gasteiger partial charge in [0.15, 0.2) is 16.6 Å². The van der Waals surface area contributed by atoms with E-state index in [9.17, 15) is 9.59 Å². The van der Waals surface area contributed by atoms with E-state index in [-0.39, 0.29) is 11.9 Å². The summed E-state index contributed by atoms with van der Waals surface area (Å²) in [6.45, 7) is 23.9. The topological polar surface area (TPSA) is 71.1 Å². The van der Waals surface area contributed by atoms with Crippen molar-refractivity contribution >= 4 is 37.1 Å². The van der Waals surface area contributed by atoms with E-state index in [0.717, 1.165) is 18.9 Å². The zero-order valence-electron chi connectivity index (χ0n) is 30.8. The first kappa shape index (κ1) is 40.1. The molecule has 0 aliphatic carbocycles. The van der Waals surface area contributed by atoms with Crippen LogP contribution < -0.4 is 0 Å². The number of methoxy groups -OCH3 is 1. The summed E-state index contributed by atoms with van der Waals surface area (Å²) in [7, 11) is -4.59. The molecule has 2 aromatic rings. The smallest absolute Gasteiger partial charge is 0.314 e. The molecule has 3 atom stereocenters. The molecular weight excluding hydrogens is 625 g/mol. The minimum atomic E-state index is -2.41. The maximum Gasteiger partial charge on any atom is 0.314 e. The van der Waals surface area contributed by atoms with Crippen LogP contribution in [0.2, 0.25) is 51.9 Å². The minimum absolute atomic E-state index is 0.289. The highest BCUT2D eigenvalue weighted by Crippen LogP contribution is 2.49. The second kappa shape index (κ2) is 16.9. The van der Waals surface area contributed by atoms with E-state index in [1.54, 1.807) is 0 Å². The van der Waals surface area contributed by atoms with Crippen LogP contribution in [0, 0.1) is 17.3 Å². The quantitative estimate of drug-likeness (QED) is 0.0833. The molecule has 0 amide bonds. The second-order valence-electron chi connectivity index (χ2n) is 15.7. The largest absolute Gasteiger partial charge is 0.469 e. The molecule has 3 unspecified atom stereocenters. The van der Waals surface area contributed by atoms with Crippen LogP contribution in [0.25, 0.3) is 0 Å². The number of rotatable bonds is 19. The lowest BCUT2D eigenvalue weighted by Gasteiger charge is -2.43. The summed E-state index contributed by atoms with van der Waals surface area (Å²) in [6.07, 6.45) is 3.40. The summed E-state index contributed by atoms with van der Waals surface area (Å²) in [4.78, 5) is 27.1. The van der Waals surface area contributed by atoms with E-state index in [1.807, 2.05) is 26.0 Å². The third-order valence-corrected chi connectivity index (χ3v) is 18.3. The molecule has 6 nitrogen and oxygen atoms in total. The van der Waals surface area contributed by atoms with E-state index in [4.69, 9.17) is 17.7 Å². The molecule has 0 saturated heterocycles. The van der Waals surface area contributed by atoms with Gasteiger partial charge >= 0.3 is 20.5 Å². The molecule has 0 heterocycles. The number of hydrogen-bond donors (Lipinski definition) is 0. The van der Waals surface area contributed by atoms with E-state index in [0.29, 0.717) is 31.8 Å². The van der Waals surface area contributed by atoms with Gasteiger partial charge in [0, 0.05) is 5.41 Å². The van der Waals surface area contributed by atoms with Crippen molar-refractivity contribution in [3.05, 3.63) is 71.8 Å². The molecule has 9 heteroatoms. The van der Waals surface area contributed by atoms with Crippen molar-refractivity contribution in [2.24, 2.45) is 17.3 Å². The fraction of sp³-hybridized carbons (Fsp3) is 0.622. The normalized spacial score (nSPS) is 15.5. The van der Waals surface area contributed by atoms with Crippen molar-refractivity contribution in [2.45, 2.75) is 117 Å². The highest BCUT2D eigenvalue weighted by atomic mass is 28.5. The molecule has 2 rings (SSSR count). The third kappa shape index (κ3) is 12.2. The molecule has 258 valence electrons. The van der Waals surface area contributed by atoms with Gasteiger partial charge in [0.2, 0.25) is 0 Å². The summed E-state index contributed by atoms with van der Waals surface area (Å²) in [5.74, 6) is -0.671. The Morgan fingerprint density at radius 2 is 1.26 bits per heavy atom. The Kier molecular flexibility index (Phi) is 14.7. The fourth-order valence-electron chi connectivity index (χ4n) is 6.96. The standard InChI is InChI=1S/C37H62O6Si3/c1-13-30(2)27-37(32-21-16-14-17-22-32,33-23-18-15-19-24-33)29-36(4,35(39)40-5)28-31(3)34(38)41-25-20-26-46(12,42-44(6,7)8)43-45(9,10)11/h14-19,21-24,30-31H,13,20,25-29H2,1-12H3. The summed E-state index contributed by atoms with van der Waals surface area (Å²) >= 11 is 0. The maximum absolute atomic E-state index is 13.7. The van der Waals surface area contributed by atoms with Gasteiger partial charge in [-0.3, -0.25) is 9.59 Å². The number of esters is 2. The molecule has 0 saturated carbocycles. The highest BCUT2D eigenvalue weighted by Gasteiger charge is 2.47. The maximum atomic E-state index is 13.7. The number of ether oxygens (including phenoxy) is 2. The van der Waals surface area contributed by atoms with Crippen LogP contribution in [-0.2, 0) is 32.7 Å². The molecule has 0 aliphatic heterocycles. The summed E-state index contributed by atoms with van der Waals surface area (Å²) in [5, 5.41) is 0. The van der Waals surface area contributed by atoms with Crippen LogP contribution in [0.1, 0.15) is 70.9 Å². The third-order valence-electron chi connectivity index (χ3n) is 8.64. The first-order chi connectivity index (χ1) is 21.3. The molecule has 0 spiro atoms. The SMILES string of the molecule is CCC(C)CC(CC(C)(CC(C)C(=O)OCCC[Si](C)(O[Si](C)(C)C)O[Si](C)(C)C)C(=O)OC)(c1ccccc1)c1ccccc1. The lowest BCUT2D eigenvalue weighted by Crippen LogP contribution is -2.52. The Labute approximate surface area is 283 Å². The summed E-state index contributed by atoms with van der Waals surface area (Å²) < 4.78 is 24.5. The predicted molar refractivity (Wildman–Crippen MR) is 197 cm³/mol. The Morgan fingerprint density at radius 1 is 0.783 bits per heavy atom. The van der Waals surface area contributed by atoms with Crippen molar-refractivity contribution in [3.8, 4) is 0 Å². The zero-order valence-corrected chi connectivity index (χ0v) is 33.8. The number of carbonyl (C=O) groups excluding carboxylic acids is 2. The van der Waals surface area contributed by atoms with Crippen molar-refractivity contribution < 1.29 is 27.3 Å². The molecule has 0 bridgehead atoms. The van der Waals surface area contributed by atoms with Crippen LogP contribution >= 0.6 is 0 Å². The second-order valence-corrected chi connectivity index (χ2v) is 28.5. The fourth-order valence-corrected chi connectivity index (χ4v) is 19.5.